The summed E-state index contributed by atoms with van der Waals surface area (Å²) in [5.41, 5.74) is 7.64. The summed E-state index contributed by atoms with van der Waals surface area (Å²) in [7, 11) is 0. The molecule has 0 spiro atoms. The topological polar surface area (TPSA) is 76.8 Å². The van der Waals surface area contributed by atoms with E-state index in [1.807, 2.05) is 39.6 Å². The van der Waals surface area contributed by atoms with Crippen LogP contribution in [0.3, 0.4) is 0 Å². The van der Waals surface area contributed by atoms with Crippen molar-refractivity contribution < 1.29 is 14.3 Å². The monoisotopic (exact) mass is 315 g/mol. The normalized spacial score (nSPS) is 23.6. The molecule has 0 saturated carbocycles. The lowest BCUT2D eigenvalue weighted by molar-refractivity contribution is -0.0817. The van der Waals surface area contributed by atoms with Crippen LogP contribution in [0.1, 0.15) is 54.9 Å². The molecule has 6 heteroatoms. The van der Waals surface area contributed by atoms with Gasteiger partial charge in [-0.1, -0.05) is 13.8 Å². The first kappa shape index (κ1) is 19.2. The Morgan fingerprint density at radius 1 is 1.45 bits per heavy atom. The summed E-state index contributed by atoms with van der Waals surface area (Å²) in [6.45, 7) is 15.0. The minimum atomic E-state index is -0.558. The van der Waals surface area contributed by atoms with Crippen molar-refractivity contribution in [2.75, 3.05) is 13.2 Å². The molecule has 1 aliphatic heterocycles. The fraction of sp³-hybridized carbons (Fsp3) is 0.938. The van der Waals surface area contributed by atoms with Gasteiger partial charge >= 0.3 is 6.09 Å². The van der Waals surface area contributed by atoms with E-state index in [4.69, 9.17) is 15.2 Å². The van der Waals surface area contributed by atoms with E-state index < -0.39 is 17.4 Å². The summed E-state index contributed by atoms with van der Waals surface area (Å²) in [5, 5.41) is 1.87. The molecular formula is C16H33N3O3. The quantitative estimate of drug-likeness (QED) is 0.815. The van der Waals surface area contributed by atoms with Gasteiger partial charge < -0.3 is 15.2 Å². The highest BCUT2D eigenvalue weighted by atomic mass is 16.6. The molecule has 0 unspecified atom stereocenters. The van der Waals surface area contributed by atoms with Gasteiger partial charge in [0.2, 0.25) is 0 Å². The zero-order chi connectivity index (χ0) is 17.1. The van der Waals surface area contributed by atoms with Gasteiger partial charge in [0, 0.05) is 0 Å². The number of amides is 1. The second-order valence-electron chi connectivity index (χ2n) is 7.87. The van der Waals surface area contributed by atoms with Gasteiger partial charge in [-0.2, -0.15) is 5.01 Å². The van der Waals surface area contributed by atoms with E-state index in [0.717, 1.165) is 6.42 Å². The number of rotatable bonds is 5. The molecule has 3 N–H and O–H groups in total. The largest absolute Gasteiger partial charge is 0.443 e. The molecule has 1 fully saturated rings. The van der Waals surface area contributed by atoms with Gasteiger partial charge in [-0.3, -0.25) is 5.43 Å². The molecule has 1 rings (SSSR count). The molecule has 0 radical (unpaired) electrons. The van der Waals surface area contributed by atoms with Crippen molar-refractivity contribution in [3.63, 3.8) is 0 Å². The SMILES string of the molecule is CC(C)[C@@H](CN)C[C@H]1COC(C)(C)N1NC(=O)OC(C)(C)C. The standard InChI is InChI=1S/C16H33N3O3/c1-11(2)12(9-17)8-13-10-21-16(6,7)19(13)18-14(20)22-15(3,4)5/h11-13H,8-10,17H2,1-7H3,(H,18,20)/t12-,13+/m1/s1. The Bertz CT molecular complexity index is 377. The Morgan fingerprint density at radius 3 is 2.50 bits per heavy atom. The van der Waals surface area contributed by atoms with Gasteiger partial charge in [0.15, 0.2) is 0 Å². The van der Waals surface area contributed by atoms with Crippen LogP contribution in [0.5, 0.6) is 0 Å². The van der Waals surface area contributed by atoms with Gasteiger partial charge in [-0.15, -0.1) is 0 Å². The van der Waals surface area contributed by atoms with E-state index in [1.165, 1.54) is 0 Å². The van der Waals surface area contributed by atoms with Gasteiger partial charge in [0.1, 0.15) is 11.3 Å². The summed E-state index contributed by atoms with van der Waals surface area (Å²) in [6.07, 6.45) is 0.429. The molecule has 0 aliphatic carbocycles. The van der Waals surface area contributed by atoms with Crippen molar-refractivity contribution in [3.8, 4) is 0 Å². The van der Waals surface area contributed by atoms with Gasteiger partial charge in [0.25, 0.3) is 0 Å². The lowest BCUT2D eigenvalue weighted by Crippen LogP contribution is -2.56. The van der Waals surface area contributed by atoms with Crippen LogP contribution in [0, 0.1) is 11.8 Å². The van der Waals surface area contributed by atoms with Crippen molar-refractivity contribution in [1.82, 2.24) is 10.4 Å². The Hall–Kier alpha value is -0.850. The van der Waals surface area contributed by atoms with E-state index in [9.17, 15) is 4.79 Å². The van der Waals surface area contributed by atoms with Crippen LogP contribution in [0.2, 0.25) is 0 Å². The number of hydrogen-bond donors (Lipinski definition) is 2. The highest BCUT2D eigenvalue weighted by Crippen LogP contribution is 2.30. The molecular weight excluding hydrogens is 282 g/mol. The van der Waals surface area contributed by atoms with Crippen molar-refractivity contribution in [2.45, 2.75) is 72.3 Å². The molecule has 6 nitrogen and oxygen atoms in total. The maximum absolute atomic E-state index is 12.1. The predicted molar refractivity (Wildman–Crippen MR) is 87.0 cm³/mol. The molecule has 1 saturated heterocycles. The van der Waals surface area contributed by atoms with Crippen LogP contribution in [0.4, 0.5) is 4.79 Å². The average molecular weight is 315 g/mol. The molecule has 1 aliphatic rings. The number of carbonyl (C=O) groups excluding carboxylic acids is 1. The summed E-state index contributed by atoms with van der Waals surface area (Å²) in [5.74, 6) is 0.891. The second kappa shape index (κ2) is 7.15. The second-order valence-corrected chi connectivity index (χ2v) is 7.87. The van der Waals surface area contributed by atoms with Crippen molar-refractivity contribution in [1.29, 1.82) is 0 Å². The number of nitrogens with zero attached hydrogens (tertiary/aromatic N) is 1. The first-order valence-electron chi connectivity index (χ1n) is 8.09. The summed E-state index contributed by atoms with van der Waals surface area (Å²) in [6, 6.07) is 0.0958. The Balaban J connectivity index is 2.75. The fourth-order valence-electron chi connectivity index (χ4n) is 2.67. The Labute approximate surface area is 134 Å². The molecule has 1 amide bonds. The van der Waals surface area contributed by atoms with E-state index >= 15 is 0 Å². The van der Waals surface area contributed by atoms with Crippen LogP contribution < -0.4 is 11.2 Å². The number of ether oxygens (including phenoxy) is 2. The minimum absolute atomic E-state index is 0.0958. The fourth-order valence-corrected chi connectivity index (χ4v) is 2.67. The number of hydrogen-bond acceptors (Lipinski definition) is 5. The van der Waals surface area contributed by atoms with E-state index in [1.54, 1.807) is 0 Å². The number of nitrogens with two attached hydrogens (primary N) is 1. The van der Waals surface area contributed by atoms with Crippen LogP contribution in [-0.2, 0) is 9.47 Å². The van der Waals surface area contributed by atoms with E-state index in [2.05, 4.69) is 19.3 Å². The zero-order valence-electron chi connectivity index (χ0n) is 15.1. The minimum Gasteiger partial charge on any atom is -0.443 e. The van der Waals surface area contributed by atoms with Crippen molar-refractivity contribution in [3.05, 3.63) is 0 Å². The number of carbonyl (C=O) groups is 1. The van der Waals surface area contributed by atoms with Crippen LogP contribution in [0.15, 0.2) is 0 Å². The lowest BCUT2D eigenvalue weighted by Gasteiger charge is -2.35. The van der Waals surface area contributed by atoms with Gasteiger partial charge in [-0.25, -0.2) is 4.79 Å². The van der Waals surface area contributed by atoms with Crippen molar-refractivity contribution in [2.24, 2.45) is 17.6 Å². The smallest absolute Gasteiger partial charge is 0.422 e. The number of nitrogens with one attached hydrogen (secondary N) is 1. The highest BCUT2D eigenvalue weighted by molar-refractivity contribution is 5.67. The molecule has 22 heavy (non-hydrogen) atoms. The van der Waals surface area contributed by atoms with Gasteiger partial charge in [-0.05, 0) is 59.4 Å². The van der Waals surface area contributed by atoms with Crippen molar-refractivity contribution >= 4 is 6.09 Å². The zero-order valence-corrected chi connectivity index (χ0v) is 15.1. The third kappa shape index (κ3) is 5.41. The molecule has 0 aromatic rings. The summed E-state index contributed by atoms with van der Waals surface area (Å²) < 4.78 is 11.2. The molecule has 0 bridgehead atoms. The molecule has 1 heterocycles. The highest BCUT2D eigenvalue weighted by Gasteiger charge is 2.43. The van der Waals surface area contributed by atoms with Crippen LogP contribution in [-0.4, -0.2) is 41.6 Å². The van der Waals surface area contributed by atoms with E-state index in [-0.39, 0.29) is 6.04 Å². The van der Waals surface area contributed by atoms with Crippen LogP contribution >= 0.6 is 0 Å². The Kier molecular flexibility index (Phi) is 6.24. The lowest BCUT2D eigenvalue weighted by atomic mass is 9.89. The van der Waals surface area contributed by atoms with Gasteiger partial charge in [0.05, 0.1) is 12.6 Å². The maximum atomic E-state index is 12.1. The Morgan fingerprint density at radius 2 is 2.05 bits per heavy atom. The van der Waals surface area contributed by atoms with Crippen LogP contribution in [0.25, 0.3) is 0 Å². The molecule has 2 atom stereocenters. The van der Waals surface area contributed by atoms with E-state index in [0.29, 0.717) is 25.0 Å². The predicted octanol–water partition coefficient (Wildman–Crippen LogP) is 2.48. The molecule has 130 valence electrons. The molecule has 0 aromatic heterocycles. The maximum Gasteiger partial charge on any atom is 0.422 e. The third-order valence-corrected chi connectivity index (χ3v) is 4.01. The average Bonchev–Trinajstić information content (AvgIpc) is 2.60. The summed E-state index contributed by atoms with van der Waals surface area (Å²) >= 11 is 0. The number of hydrazine groups is 1. The first-order chi connectivity index (χ1) is 9.96. The molecule has 0 aromatic carbocycles. The first-order valence-corrected chi connectivity index (χ1v) is 8.09. The summed E-state index contributed by atoms with van der Waals surface area (Å²) in [4.78, 5) is 12.1. The third-order valence-electron chi connectivity index (χ3n) is 4.01.